The van der Waals surface area contributed by atoms with Gasteiger partial charge in [0.15, 0.2) is 5.44 Å². The van der Waals surface area contributed by atoms with Gasteiger partial charge in [0.05, 0.1) is 5.02 Å². The Morgan fingerprint density at radius 1 is 1.47 bits per heavy atom. The second-order valence-corrected chi connectivity index (χ2v) is 5.21. The van der Waals surface area contributed by atoms with Crippen molar-refractivity contribution in [2.24, 2.45) is 0 Å². The van der Waals surface area contributed by atoms with Crippen molar-refractivity contribution >= 4 is 37.6 Å². The van der Waals surface area contributed by atoms with Crippen LogP contribution in [0.2, 0.25) is 5.02 Å². The van der Waals surface area contributed by atoms with Crippen molar-refractivity contribution in [3.8, 4) is 0 Å². The summed E-state index contributed by atoms with van der Waals surface area (Å²) < 4.78 is 32.0. The first-order valence-electron chi connectivity index (χ1n) is 3.40. The molecule has 0 aliphatic rings. The maximum Gasteiger partial charge on any atom is 1.00 e. The van der Waals surface area contributed by atoms with Crippen molar-refractivity contribution in [2.75, 3.05) is 0 Å². The Balaban J connectivity index is 0.00000196. The van der Waals surface area contributed by atoms with Gasteiger partial charge < -0.3 is 9.66 Å². The zero-order valence-corrected chi connectivity index (χ0v) is 12.8. The van der Waals surface area contributed by atoms with Crippen LogP contribution in [0.1, 0.15) is 11.0 Å². The first-order chi connectivity index (χ1) is 6.32. The fraction of sp³-hybridized carbons (Fsp3) is 0.143. The summed E-state index contributed by atoms with van der Waals surface area (Å²) in [5, 5.41) is 9.32. The summed E-state index contributed by atoms with van der Waals surface area (Å²) in [6.07, 6.45) is 0. The molecule has 0 aromatic heterocycles. The number of aliphatic hydroxyl groups excluding tert-OH is 1. The van der Waals surface area contributed by atoms with Crippen molar-refractivity contribution < 1.29 is 47.6 Å². The van der Waals surface area contributed by atoms with E-state index in [1.807, 2.05) is 0 Å². The maximum atomic E-state index is 10.5. The molecule has 1 unspecified atom stereocenters. The number of hydrogen-bond acceptors (Lipinski definition) is 4. The zero-order valence-electron chi connectivity index (χ0n) is 7.65. The predicted molar refractivity (Wildman–Crippen MR) is 53.8 cm³/mol. The van der Waals surface area contributed by atoms with E-state index in [0.717, 1.165) is 0 Å². The fourth-order valence-corrected chi connectivity index (χ4v) is 1.75. The largest absolute Gasteiger partial charge is 1.00 e. The van der Waals surface area contributed by atoms with Crippen molar-refractivity contribution in [3.05, 3.63) is 33.3 Å². The molecular weight excluding hydrogens is 318 g/mol. The quantitative estimate of drug-likeness (QED) is 0.539. The standard InChI is InChI=1S/C7H6BrClO4S.Na/c8-5-2-1-4(3-6(5)9)7(10)14(11,12)13;/h1-3,7,10H,(H,11,12,13);/q;+1/p-1. The Morgan fingerprint density at radius 3 is 2.40 bits per heavy atom. The zero-order chi connectivity index (χ0) is 10.9. The summed E-state index contributed by atoms with van der Waals surface area (Å²) in [6, 6.07) is 3.97. The van der Waals surface area contributed by atoms with Crippen molar-refractivity contribution in [1.82, 2.24) is 0 Å². The number of aliphatic hydroxyl groups is 1. The summed E-state index contributed by atoms with van der Waals surface area (Å²) >= 11 is 8.74. The Kier molecular flexibility index (Phi) is 6.32. The van der Waals surface area contributed by atoms with Gasteiger partial charge in [-0.25, -0.2) is 8.42 Å². The van der Waals surface area contributed by atoms with E-state index in [2.05, 4.69) is 15.9 Å². The van der Waals surface area contributed by atoms with Gasteiger partial charge in [-0.3, -0.25) is 0 Å². The van der Waals surface area contributed by atoms with Crippen LogP contribution in [0.3, 0.4) is 0 Å². The molecule has 0 radical (unpaired) electrons. The normalized spacial score (nSPS) is 13.1. The van der Waals surface area contributed by atoms with Crippen LogP contribution in [0.4, 0.5) is 0 Å². The molecule has 1 aromatic carbocycles. The Hall–Kier alpha value is 0.860. The van der Waals surface area contributed by atoms with Gasteiger partial charge in [-0.2, -0.15) is 0 Å². The molecule has 0 bridgehead atoms. The molecule has 0 heterocycles. The van der Waals surface area contributed by atoms with Gasteiger partial charge in [-0.05, 0) is 33.6 Å². The molecule has 1 N–H and O–H groups in total. The SMILES string of the molecule is O=S(=O)([O-])C(O)c1ccc(Br)c(Cl)c1.[Na+]. The first-order valence-corrected chi connectivity index (χ1v) is 6.04. The molecule has 8 heteroatoms. The molecule has 0 aliphatic carbocycles. The smallest absolute Gasteiger partial charge is 0.746 e. The van der Waals surface area contributed by atoms with Crippen LogP contribution in [-0.4, -0.2) is 18.1 Å². The van der Waals surface area contributed by atoms with Gasteiger partial charge in [0, 0.05) is 4.47 Å². The van der Waals surface area contributed by atoms with Crippen molar-refractivity contribution in [1.29, 1.82) is 0 Å². The third-order valence-electron chi connectivity index (χ3n) is 1.50. The molecule has 0 saturated heterocycles. The molecule has 4 nitrogen and oxygen atoms in total. The number of benzene rings is 1. The van der Waals surface area contributed by atoms with Gasteiger partial charge in [-0.1, -0.05) is 17.7 Å². The molecule has 1 rings (SSSR count). The Bertz CT molecular complexity index is 450. The molecule has 0 amide bonds. The molecule has 0 fully saturated rings. The van der Waals surface area contributed by atoms with E-state index < -0.39 is 15.6 Å². The molecule has 15 heavy (non-hydrogen) atoms. The van der Waals surface area contributed by atoms with Crippen molar-refractivity contribution in [3.63, 3.8) is 0 Å². The van der Waals surface area contributed by atoms with Crippen LogP contribution in [0.5, 0.6) is 0 Å². The maximum absolute atomic E-state index is 10.5. The van der Waals surface area contributed by atoms with Gasteiger partial charge in [0.2, 0.25) is 0 Å². The Morgan fingerprint density at radius 2 is 2.00 bits per heavy atom. The van der Waals surface area contributed by atoms with Crippen LogP contribution in [-0.2, 0) is 10.1 Å². The second-order valence-electron chi connectivity index (χ2n) is 2.52. The van der Waals surface area contributed by atoms with Crippen LogP contribution in [0.25, 0.3) is 0 Å². The minimum absolute atomic E-state index is 0. The van der Waals surface area contributed by atoms with E-state index in [-0.39, 0.29) is 40.1 Å². The monoisotopic (exact) mass is 322 g/mol. The third-order valence-corrected chi connectivity index (χ3v) is 3.55. The number of halogens is 2. The minimum atomic E-state index is -4.75. The van der Waals surface area contributed by atoms with Gasteiger partial charge in [-0.15, -0.1) is 0 Å². The fourth-order valence-electron chi connectivity index (χ4n) is 0.833. The third kappa shape index (κ3) is 4.32. The van der Waals surface area contributed by atoms with E-state index in [9.17, 15) is 13.0 Å². The molecule has 1 atom stereocenters. The molecule has 0 saturated carbocycles. The summed E-state index contributed by atoms with van der Waals surface area (Å²) in [5.41, 5.74) is -2.12. The molecule has 0 aliphatic heterocycles. The van der Waals surface area contributed by atoms with Crippen molar-refractivity contribution in [2.45, 2.75) is 5.44 Å². The minimum Gasteiger partial charge on any atom is -0.746 e. The molecule has 1 aromatic rings. The van der Waals surface area contributed by atoms with Crippen LogP contribution >= 0.6 is 27.5 Å². The van der Waals surface area contributed by atoms with Crippen LogP contribution in [0.15, 0.2) is 22.7 Å². The summed E-state index contributed by atoms with van der Waals surface area (Å²) in [7, 11) is -4.75. The van der Waals surface area contributed by atoms with Gasteiger partial charge in [0.1, 0.15) is 10.1 Å². The van der Waals surface area contributed by atoms with E-state index in [1.165, 1.54) is 18.2 Å². The van der Waals surface area contributed by atoms with Crippen LogP contribution < -0.4 is 29.6 Å². The molecule has 78 valence electrons. The van der Waals surface area contributed by atoms with E-state index >= 15 is 0 Å². The average Bonchev–Trinajstić information content (AvgIpc) is 2.07. The van der Waals surface area contributed by atoms with Gasteiger partial charge in [0.25, 0.3) is 0 Å². The van der Waals surface area contributed by atoms with E-state index in [0.29, 0.717) is 4.47 Å². The molecular formula is C7H5BrClNaO4S. The van der Waals surface area contributed by atoms with E-state index in [4.69, 9.17) is 16.7 Å². The topological polar surface area (TPSA) is 77.4 Å². The summed E-state index contributed by atoms with van der Waals surface area (Å²) in [6.45, 7) is 0. The summed E-state index contributed by atoms with van der Waals surface area (Å²) in [5.74, 6) is 0. The average molecular weight is 324 g/mol. The second kappa shape index (κ2) is 5.97. The van der Waals surface area contributed by atoms with Crippen LogP contribution in [0, 0.1) is 0 Å². The number of hydrogen-bond donors (Lipinski definition) is 1. The first kappa shape index (κ1) is 15.9. The van der Waals surface area contributed by atoms with E-state index in [1.54, 1.807) is 0 Å². The molecule has 0 spiro atoms. The number of rotatable bonds is 2. The predicted octanol–water partition coefficient (Wildman–Crippen LogP) is -1.36. The van der Waals surface area contributed by atoms with Gasteiger partial charge >= 0.3 is 29.6 Å². The Labute approximate surface area is 123 Å². The summed E-state index contributed by atoms with van der Waals surface area (Å²) in [4.78, 5) is 0.